The maximum Gasteiger partial charge on any atom is 0.244 e. The summed E-state index contributed by atoms with van der Waals surface area (Å²) < 4.78 is 0. The zero-order valence-electron chi connectivity index (χ0n) is 9.19. The van der Waals surface area contributed by atoms with Gasteiger partial charge in [0, 0.05) is 12.4 Å². The SMILES string of the molecule is CC(C)(C)[C@@H](N)C(=O)Nc1ncccn1. The van der Waals surface area contributed by atoms with Crippen molar-refractivity contribution < 1.29 is 4.79 Å². The Morgan fingerprint density at radius 2 is 1.93 bits per heavy atom. The Kier molecular flexibility index (Phi) is 3.36. The molecule has 1 atom stereocenters. The molecular weight excluding hydrogens is 192 g/mol. The first kappa shape index (κ1) is 11.6. The molecule has 5 nitrogen and oxygen atoms in total. The summed E-state index contributed by atoms with van der Waals surface area (Å²) in [6.07, 6.45) is 3.12. The van der Waals surface area contributed by atoms with E-state index in [-0.39, 0.29) is 17.3 Å². The molecule has 0 unspecified atom stereocenters. The first-order chi connectivity index (χ1) is 6.91. The molecule has 0 saturated carbocycles. The van der Waals surface area contributed by atoms with Gasteiger partial charge in [-0.25, -0.2) is 9.97 Å². The number of hydrogen-bond donors (Lipinski definition) is 2. The molecular formula is C10H16N4O. The van der Waals surface area contributed by atoms with Crippen molar-refractivity contribution in [2.45, 2.75) is 26.8 Å². The summed E-state index contributed by atoms with van der Waals surface area (Å²) in [7, 11) is 0. The standard InChI is InChI=1S/C10H16N4O/c1-10(2,3)7(11)8(15)14-9-12-5-4-6-13-9/h4-7H,11H2,1-3H3,(H,12,13,14,15)/t7-/m0/s1. The van der Waals surface area contributed by atoms with E-state index in [1.807, 2.05) is 20.8 Å². The van der Waals surface area contributed by atoms with E-state index < -0.39 is 6.04 Å². The molecule has 15 heavy (non-hydrogen) atoms. The van der Waals surface area contributed by atoms with E-state index in [0.29, 0.717) is 0 Å². The summed E-state index contributed by atoms with van der Waals surface area (Å²) in [4.78, 5) is 19.4. The molecule has 0 fully saturated rings. The van der Waals surface area contributed by atoms with Crippen LogP contribution in [-0.4, -0.2) is 21.9 Å². The average molecular weight is 208 g/mol. The van der Waals surface area contributed by atoms with Gasteiger partial charge in [-0.2, -0.15) is 0 Å². The normalized spacial score (nSPS) is 13.3. The lowest BCUT2D eigenvalue weighted by Gasteiger charge is -2.25. The molecule has 1 aromatic rings. The molecule has 82 valence electrons. The van der Waals surface area contributed by atoms with E-state index in [9.17, 15) is 4.79 Å². The first-order valence-electron chi connectivity index (χ1n) is 4.75. The molecule has 3 N–H and O–H groups in total. The minimum Gasteiger partial charge on any atom is -0.319 e. The van der Waals surface area contributed by atoms with Crippen LogP contribution in [0, 0.1) is 5.41 Å². The van der Waals surface area contributed by atoms with Crippen molar-refractivity contribution in [2.24, 2.45) is 11.1 Å². The van der Waals surface area contributed by atoms with Crippen molar-refractivity contribution in [2.75, 3.05) is 5.32 Å². The van der Waals surface area contributed by atoms with E-state index in [1.165, 1.54) is 0 Å². The van der Waals surface area contributed by atoms with Gasteiger partial charge in [0.05, 0.1) is 6.04 Å². The highest BCUT2D eigenvalue weighted by Gasteiger charge is 2.27. The number of aromatic nitrogens is 2. The number of nitrogens with zero attached hydrogens (tertiary/aromatic N) is 2. The highest BCUT2D eigenvalue weighted by molar-refractivity contribution is 5.93. The van der Waals surface area contributed by atoms with Crippen LogP contribution in [0.2, 0.25) is 0 Å². The van der Waals surface area contributed by atoms with Gasteiger partial charge in [0.2, 0.25) is 11.9 Å². The van der Waals surface area contributed by atoms with Crippen LogP contribution in [0.1, 0.15) is 20.8 Å². The first-order valence-corrected chi connectivity index (χ1v) is 4.75. The molecule has 0 spiro atoms. The van der Waals surface area contributed by atoms with Gasteiger partial charge in [0.25, 0.3) is 0 Å². The van der Waals surface area contributed by atoms with Crippen LogP contribution >= 0.6 is 0 Å². The lowest BCUT2D eigenvalue weighted by Crippen LogP contribution is -2.45. The van der Waals surface area contributed by atoms with E-state index in [4.69, 9.17) is 5.73 Å². The molecule has 1 amide bonds. The third-order valence-electron chi connectivity index (χ3n) is 2.02. The summed E-state index contributed by atoms with van der Waals surface area (Å²) >= 11 is 0. The van der Waals surface area contributed by atoms with Gasteiger partial charge in [-0.05, 0) is 11.5 Å². The Morgan fingerprint density at radius 3 is 2.40 bits per heavy atom. The lowest BCUT2D eigenvalue weighted by molar-refractivity contribution is -0.119. The zero-order valence-corrected chi connectivity index (χ0v) is 9.19. The van der Waals surface area contributed by atoms with Crippen molar-refractivity contribution in [3.63, 3.8) is 0 Å². The topological polar surface area (TPSA) is 80.9 Å². The minimum atomic E-state index is -0.582. The number of carbonyl (C=O) groups is 1. The van der Waals surface area contributed by atoms with Crippen LogP contribution in [0.15, 0.2) is 18.5 Å². The Hall–Kier alpha value is -1.49. The van der Waals surface area contributed by atoms with Crippen LogP contribution in [0.5, 0.6) is 0 Å². The number of carbonyl (C=O) groups excluding carboxylic acids is 1. The Labute approximate surface area is 89.1 Å². The van der Waals surface area contributed by atoms with Gasteiger partial charge in [-0.15, -0.1) is 0 Å². The van der Waals surface area contributed by atoms with Gasteiger partial charge in [-0.3, -0.25) is 10.1 Å². The van der Waals surface area contributed by atoms with Crippen LogP contribution < -0.4 is 11.1 Å². The fraction of sp³-hybridized carbons (Fsp3) is 0.500. The second kappa shape index (κ2) is 4.35. The number of rotatable bonds is 2. The summed E-state index contributed by atoms with van der Waals surface area (Å²) in [5.41, 5.74) is 5.50. The van der Waals surface area contributed by atoms with E-state index in [1.54, 1.807) is 18.5 Å². The number of anilines is 1. The maximum absolute atomic E-state index is 11.6. The fourth-order valence-corrected chi connectivity index (χ4v) is 0.945. The Bertz CT molecular complexity index is 331. The van der Waals surface area contributed by atoms with E-state index >= 15 is 0 Å². The monoisotopic (exact) mass is 208 g/mol. The van der Waals surface area contributed by atoms with Crippen molar-refractivity contribution in [1.82, 2.24) is 9.97 Å². The molecule has 0 aliphatic heterocycles. The third-order valence-corrected chi connectivity index (χ3v) is 2.02. The van der Waals surface area contributed by atoms with Gasteiger partial charge >= 0.3 is 0 Å². The van der Waals surface area contributed by atoms with Gasteiger partial charge in [0.1, 0.15) is 0 Å². The van der Waals surface area contributed by atoms with Crippen molar-refractivity contribution in [1.29, 1.82) is 0 Å². The van der Waals surface area contributed by atoms with Crippen molar-refractivity contribution >= 4 is 11.9 Å². The largest absolute Gasteiger partial charge is 0.319 e. The van der Waals surface area contributed by atoms with Crippen LogP contribution in [-0.2, 0) is 4.79 Å². The average Bonchev–Trinajstić information content (AvgIpc) is 2.16. The predicted octanol–water partition coefficient (Wildman–Crippen LogP) is 0.788. The molecule has 1 rings (SSSR count). The molecule has 0 aliphatic carbocycles. The van der Waals surface area contributed by atoms with Crippen molar-refractivity contribution in [3.05, 3.63) is 18.5 Å². The van der Waals surface area contributed by atoms with E-state index in [0.717, 1.165) is 0 Å². The minimum absolute atomic E-state index is 0.270. The van der Waals surface area contributed by atoms with Gasteiger partial charge in [0.15, 0.2) is 0 Å². The fourth-order valence-electron chi connectivity index (χ4n) is 0.945. The van der Waals surface area contributed by atoms with Gasteiger partial charge in [-0.1, -0.05) is 20.8 Å². The Balaban J connectivity index is 2.65. The highest BCUT2D eigenvalue weighted by Crippen LogP contribution is 2.17. The Morgan fingerprint density at radius 1 is 1.40 bits per heavy atom. The highest BCUT2D eigenvalue weighted by atomic mass is 16.2. The molecule has 1 heterocycles. The quantitative estimate of drug-likeness (QED) is 0.752. The van der Waals surface area contributed by atoms with E-state index in [2.05, 4.69) is 15.3 Å². The van der Waals surface area contributed by atoms with Crippen molar-refractivity contribution in [3.8, 4) is 0 Å². The molecule has 5 heteroatoms. The number of amides is 1. The summed E-state index contributed by atoms with van der Waals surface area (Å²) in [6.45, 7) is 5.72. The summed E-state index contributed by atoms with van der Waals surface area (Å²) in [5.74, 6) is 0.0101. The van der Waals surface area contributed by atoms with Gasteiger partial charge < -0.3 is 5.73 Å². The lowest BCUT2D eigenvalue weighted by atomic mass is 9.87. The third kappa shape index (κ3) is 3.28. The number of nitrogens with one attached hydrogen (secondary N) is 1. The van der Waals surface area contributed by atoms with Crippen LogP contribution in [0.4, 0.5) is 5.95 Å². The second-order valence-electron chi connectivity index (χ2n) is 4.41. The maximum atomic E-state index is 11.6. The molecule has 0 bridgehead atoms. The summed E-state index contributed by atoms with van der Waals surface area (Å²) in [5, 5.41) is 2.56. The predicted molar refractivity (Wildman–Crippen MR) is 58.1 cm³/mol. The zero-order chi connectivity index (χ0) is 11.5. The molecule has 1 aromatic heterocycles. The number of nitrogens with two attached hydrogens (primary N) is 1. The molecule has 0 saturated heterocycles. The smallest absolute Gasteiger partial charge is 0.244 e. The molecule has 0 aliphatic rings. The summed E-state index contributed by atoms with van der Waals surface area (Å²) in [6, 6.07) is 1.10. The molecule has 0 aromatic carbocycles. The van der Waals surface area contributed by atoms with Crippen LogP contribution in [0.3, 0.4) is 0 Å². The number of hydrogen-bond acceptors (Lipinski definition) is 4. The van der Waals surface area contributed by atoms with Crippen LogP contribution in [0.25, 0.3) is 0 Å². The second-order valence-corrected chi connectivity index (χ2v) is 4.41. The molecule has 0 radical (unpaired) electrons.